The molecule has 0 radical (unpaired) electrons. The molecule has 0 spiro atoms. The number of carboxylic acids is 1. The minimum atomic E-state index is -1.01. The van der Waals surface area contributed by atoms with Gasteiger partial charge in [0, 0.05) is 19.0 Å². The molecule has 6 nitrogen and oxygen atoms in total. The Morgan fingerprint density at radius 3 is 2.19 bits per heavy atom. The van der Waals surface area contributed by atoms with Crippen LogP contribution in [0.5, 0.6) is 0 Å². The van der Waals surface area contributed by atoms with E-state index in [-0.39, 0.29) is 18.7 Å². The summed E-state index contributed by atoms with van der Waals surface area (Å²) in [6.07, 6.45) is -0.142. The van der Waals surface area contributed by atoms with Crippen LogP contribution < -0.4 is 10.6 Å². The van der Waals surface area contributed by atoms with Gasteiger partial charge in [0.15, 0.2) is 0 Å². The molecule has 1 atom stereocenters. The van der Waals surface area contributed by atoms with Crippen molar-refractivity contribution in [1.82, 2.24) is 5.32 Å². The van der Waals surface area contributed by atoms with E-state index in [2.05, 4.69) is 10.6 Å². The first kappa shape index (κ1) is 16.7. The number of hydrogen-bond acceptors (Lipinski definition) is 3. The van der Waals surface area contributed by atoms with Gasteiger partial charge in [-0.2, -0.15) is 0 Å². The highest BCUT2D eigenvalue weighted by Crippen LogP contribution is 2.14. The van der Waals surface area contributed by atoms with E-state index in [4.69, 9.17) is 5.11 Å². The number of carbonyl (C=O) groups excluding carboxylic acids is 2. The monoisotopic (exact) mass is 292 g/mol. The standard InChI is InChI=1S/C15H20N2O4/c1-9-6-10(2)8-12(7-9)17-15(21)13(16-11(3)18)4-5-14(19)20/h6-8,13H,4-5H2,1-3H3,(H,16,18)(H,17,21)(H,19,20)/t13-/m0/s1. The SMILES string of the molecule is CC(=O)N[C@@H](CCC(=O)O)C(=O)Nc1cc(C)cc(C)c1. The Kier molecular flexibility index (Phi) is 5.90. The Morgan fingerprint density at radius 2 is 1.71 bits per heavy atom. The predicted molar refractivity (Wildman–Crippen MR) is 79.0 cm³/mol. The molecule has 1 aromatic rings. The number of amides is 2. The van der Waals surface area contributed by atoms with Crippen molar-refractivity contribution < 1.29 is 19.5 Å². The van der Waals surface area contributed by atoms with Gasteiger partial charge in [0.2, 0.25) is 11.8 Å². The number of carbonyl (C=O) groups is 3. The van der Waals surface area contributed by atoms with E-state index in [1.54, 1.807) is 0 Å². The lowest BCUT2D eigenvalue weighted by molar-refractivity contribution is -0.137. The summed E-state index contributed by atoms with van der Waals surface area (Å²) in [6, 6.07) is 4.74. The molecular formula is C15H20N2O4. The molecule has 114 valence electrons. The number of anilines is 1. The number of rotatable bonds is 6. The van der Waals surface area contributed by atoms with Crippen LogP contribution >= 0.6 is 0 Å². The van der Waals surface area contributed by atoms with Crippen molar-refractivity contribution in [2.24, 2.45) is 0 Å². The van der Waals surface area contributed by atoms with Crippen LogP contribution in [0.4, 0.5) is 5.69 Å². The van der Waals surface area contributed by atoms with Crippen molar-refractivity contribution in [3.8, 4) is 0 Å². The molecule has 1 aromatic carbocycles. The van der Waals surface area contributed by atoms with Gasteiger partial charge in [-0.15, -0.1) is 0 Å². The van der Waals surface area contributed by atoms with Crippen LogP contribution in [-0.2, 0) is 14.4 Å². The molecule has 3 N–H and O–H groups in total. The zero-order valence-electron chi connectivity index (χ0n) is 12.4. The first-order chi connectivity index (χ1) is 9.77. The number of hydrogen-bond donors (Lipinski definition) is 3. The summed E-state index contributed by atoms with van der Waals surface area (Å²) in [5.74, 6) is -1.80. The smallest absolute Gasteiger partial charge is 0.303 e. The van der Waals surface area contributed by atoms with E-state index in [1.165, 1.54) is 6.92 Å². The van der Waals surface area contributed by atoms with Crippen LogP contribution in [0.15, 0.2) is 18.2 Å². The second-order valence-corrected chi connectivity index (χ2v) is 5.05. The summed E-state index contributed by atoms with van der Waals surface area (Å²) < 4.78 is 0. The molecule has 0 aliphatic carbocycles. The van der Waals surface area contributed by atoms with E-state index in [1.807, 2.05) is 32.0 Å². The van der Waals surface area contributed by atoms with E-state index >= 15 is 0 Å². The molecule has 0 bridgehead atoms. The largest absolute Gasteiger partial charge is 0.481 e. The third-order valence-corrected chi connectivity index (χ3v) is 2.83. The Balaban J connectivity index is 2.79. The minimum Gasteiger partial charge on any atom is -0.481 e. The number of aryl methyl sites for hydroxylation is 2. The molecule has 6 heteroatoms. The lowest BCUT2D eigenvalue weighted by Gasteiger charge is -2.17. The minimum absolute atomic E-state index is 0.0472. The highest BCUT2D eigenvalue weighted by Gasteiger charge is 2.20. The van der Waals surface area contributed by atoms with Gasteiger partial charge in [0.05, 0.1) is 0 Å². The second kappa shape index (κ2) is 7.42. The molecule has 0 saturated carbocycles. The number of carboxylic acid groups (broad SMARTS) is 1. The van der Waals surface area contributed by atoms with E-state index in [0.717, 1.165) is 11.1 Å². The molecule has 21 heavy (non-hydrogen) atoms. The summed E-state index contributed by atoms with van der Waals surface area (Å²) in [5.41, 5.74) is 2.64. The Bertz CT molecular complexity index is 534. The van der Waals surface area contributed by atoms with Crippen LogP contribution in [0.1, 0.15) is 30.9 Å². The molecule has 0 saturated heterocycles. The third kappa shape index (κ3) is 6.07. The maximum atomic E-state index is 12.2. The fourth-order valence-corrected chi connectivity index (χ4v) is 2.06. The van der Waals surface area contributed by atoms with E-state index < -0.39 is 17.9 Å². The summed E-state index contributed by atoms with van der Waals surface area (Å²) >= 11 is 0. The maximum Gasteiger partial charge on any atom is 0.303 e. The van der Waals surface area contributed by atoms with Crippen molar-refractivity contribution in [2.75, 3.05) is 5.32 Å². The normalized spacial score (nSPS) is 11.6. The highest BCUT2D eigenvalue weighted by molar-refractivity contribution is 5.97. The average Bonchev–Trinajstić information content (AvgIpc) is 2.32. The van der Waals surface area contributed by atoms with Crippen molar-refractivity contribution in [3.05, 3.63) is 29.3 Å². The number of aliphatic carboxylic acids is 1. The van der Waals surface area contributed by atoms with Crippen LogP contribution in [0.3, 0.4) is 0 Å². The summed E-state index contributed by atoms with van der Waals surface area (Å²) in [4.78, 5) is 33.9. The average molecular weight is 292 g/mol. The van der Waals surface area contributed by atoms with Gasteiger partial charge >= 0.3 is 5.97 Å². The van der Waals surface area contributed by atoms with Crippen molar-refractivity contribution >= 4 is 23.5 Å². The topological polar surface area (TPSA) is 95.5 Å². The van der Waals surface area contributed by atoms with Gasteiger partial charge in [0.1, 0.15) is 6.04 Å². The van der Waals surface area contributed by atoms with Gasteiger partial charge in [0.25, 0.3) is 0 Å². The van der Waals surface area contributed by atoms with Gasteiger partial charge in [-0.3, -0.25) is 14.4 Å². The Morgan fingerprint density at radius 1 is 1.14 bits per heavy atom. The quantitative estimate of drug-likeness (QED) is 0.742. The molecular weight excluding hydrogens is 272 g/mol. The van der Waals surface area contributed by atoms with Gasteiger partial charge < -0.3 is 15.7 Å². The Hall–Kier alpha value is -2.37. The van der Waals surface area contributed by atoms with Crippen LogP contribution in [0, 0.1) is 13.8 Å². The lowest BCUT2D eigenvalue weighted by Crippen LogP contribution is -2.43. The van der Waals surface area contributed by atoms with Crippen LogP contribution in [0.25, 0.3) is 0 Å². The van der Waals surface area contributed by atoms with Crippen LogP contribution in [0.2, 0.25) is 0 Å². The fourth-order valence-electron chi connectivity index (χ4n) is 2.06. The van der Waals surface area contributed by atoms with Gasteiger partial charge in [-0.25, -0.2) is 0 Å². The van der Waals surface area contributed by atoms with Gasteiger partial charge in [-0.05, 0) is 43.5 Å². The second-order valence-electron chi connectivity index (χ2n) is 5.05. The van der Waals surface area contributed by atoms with Crippen molar-refractivity contribution in [1.29, 1.82) is 0 Å². The zero-order chi connectivity index (χ0) is 16.0. The molecule has 1 rings (SSSR count). The lowest BCUT2D eigenvalue weighted by atomic mass is 10.1. The summed E-state index contributed by atoms with van der Waals surface area (Å²) in [7, 11) is 0. The molecule has 2 amide bonds. The van der Waals surface area contributed by atoms with E-state index in [9.17, 15) is 14.4 Å². The predicted octanol–water partition coefficient (Wildman–Crippen LogP) is 1.61. The molecule has 0 fully saturated rings. The first-order valence-corrected chi connectivity index (χ1v) is 6.66. The van der Waals surface area contributed by atoms with Gasteiger partial charge in [-0.1, -0.05) is 6.07 Å². The fraction of sp³-hybridized carbons (Fsp3) is 0.400. The van der Waals surface area contributed by atoms with Crippen molar-refractivity contribution in [2.45, 2.75) is 39.7 Å². The molecule has 0 heterocycles. The third-order valence-electron chi connectivity index (χ3n) is 2.83. The first-order valence-electron chi connectivity index (χ1n) is 6.66. The van der Waals surface area contributed by atoms with Crippen LogP contribution in [-0.4, -0.2) is 28.9 Å². The molecule has 0 aliphatic heterocycles. The van der Waals surface area contributed by atoms with Crippen molar-refractivity contribution in [3.63, 3.8) is 0 Å². The molecule has 0 aromatic heterocycles. The zero-order valence-corrected chi connectivity index (χ0v) is 12.4. The number of nitrogens with one attached hydrogen (secondary N) is 2. The molecule has 0 aliphatic rings. The summed E-state index contributed by atoms with van der Waals surface area (Å²) in [6.45, 7) is 5.12. The summed E-state index contributed by atoms with van der Waals surface area (Å²) in [5, 5.41) is 13.9. The number of benzene rings is 1. The van der Waals surface area contributed by atoms with E-state index in [0.29, 0.717) is 5.69 Å². The maximum absolute atomic E-state index is 12.2. The molecule has 0 unspecified atom stereocenters. The highest BCUT2D eigenvalue weighted by atomic mass is 16.4. The Labute approximate surface area is 123 Å².